The zero-order valence-electron chi connectivity index (χ0n) is 11.2. The van der Waals surface area contributed by atoms with Gasteiger partial charge in [0.2, 0.25) is 5.91 Å². The molecule has 2 unspecified atom stereocenters. The molecule has 3 nitrogen and oxygen atoms in total. The van der Waals surface area contributed by atoms with Gasteiger partial charge in [0.05, 0.1) is 10.0 Å². The van der Waals surface area contributed by atoms with Crippen LogP contribution in [0, 0.1) is 5.92 Å². The van der Waals surface area contributed by atoms with E-state index in [0.717, 1.165) is 37.9 Å². The molecular formula is C15H18Cl2N2O. The SMILES string of the molecule is NC1CCN(C(=O)C2CC2c2ccc(Cl)c(Cl)c2)CC1. The van der Waals surface area contributed by atoms with Crippen LogP contribution in [0.3, 0.4) is 0 Å². The lowest BCUT2D eigenvalue weighted by atomic mass is 10.0. The quantitative estimate of drug-likeness (QED) is 0.912. The van der Waals surface area contributed by atoms with Gasteiger partial charge in [-0.1, -0.05) is 29.3 Å². The van der Waals surface area contributed by atoms with Gasteiger partial charge in [-0.3, -0.25) is 4.79 Å². The predicted octanol–water partition coefficient (Wildman–Crippen LogP) is 3.05. The maximum absolute atomic E-state index is 12.4. The third-order valence-corrected chi connectivity index (χ3v) is 5.07. The van der Waals surface area contributed by atoms with E-state index in [1.54, 1.807) is 6.07 Å². The summed E-state index contributed by atoms with van der Waals surface area (Å²) in [4.78, 5) is 14.4. The number of piperidine rings is 1. The Morgan fingerprint density at radius 2 is 1.90 bits per heavy atom. The lowest BCUT2D eigenvalue weighted by Crippen LogP contribution is -2.43. The van der Waals surface area contributed by atoms with Gasteiger partial charge in [-0.05, 0) is 42.9 Å². The van der Waals surface area contributed by atoms with Gasteiger partial charge in [0.1, 0.15) is 0 Å². The van der Waals surface area contributed by atoms with Crippen molar-refractivity contribution in [3.05, 3.63) is 33.8 Å². The number of carbonyl (C=O) groups is 1. The van der Waals surface area contributed by atoms with E-state index < -0.39 is 0 Å². The molecule has 1 amide bonds. The Balaban J connectivity index is 1.63. The number of amides is 1. The smallest absolute Gasteiger partial charge is 0.226 e. The highest BCUT2D eigenvalue weighted by Gasteiger charge is 2.46. The molecule has 0 aromatic heterocycles. The first-order chi connectivity index (χ1) is 9.56. The molecule has 1 aliphatic carbocycles. The Morgan fingerprint density at radius 1 is 1.20 bits per heavy atom. The second kappa shape index (κ2) is 5.55. The molecule has 2 N–H and O–H groups in total. The molecule has 1 saturated carbocycles. The van der Waals surface area contributed by atoms with Crippen LogP contribution in [0.5, 0.6) is 0 Å². The third kappa shape index (κ3) is 2.80. The highest BCUT2D eigenvalue weighted by molar-refractivity contribution is 6.42. The summed E-state index contributed by atoms with van der Waals surface area (Å²) in [7, 11) is 0. The molecule has 2 fully saturated rings. The second-order valence-electron chi connectivity index (χ2n) is 5.78. The number of likely N-dealkylation sites (tertiary alicyclic amines) is 1. The van der Waals surface area contributed by atoms with Crippen molar-refractivity contribution in [3.8, 4) is 0 Å². The molecule has 0 bridgehead atoms. The van der Waals surface area contributed by atoms with Gasteiger partial charge in [-0.2, -0.15) is 0 Å². The van der Waals surface area contributed by atoms with E-state index in [0.29, 0.717) is 16.0 Å². The van der Waals surface area contributed by atoms with E-state index in [9.17, 15) is 4.79 Å². The lowest BCUT2D eigenvalue weighted by Gasteiger charge is -2.30. The summed E-state index contributed by atoms with van der Waals surface area (Å²) in [5, 5.41) is 1.12. The summed E-state index contributed by atoms with van der Waals surface area (Å²) in [5.74, 6) is 0.683. The van der Waals surface area contributed by atoms with Gasteiger partial charge >= 0.3 is 0 Å². The standard InChI is InChI=1S/C15H18Cl2N2O/c16-13-2-1-9(7-14(13)17)11-8-12(11)15(20)19-5-3-10(18)4-6-19/h1-2,7,10-12H,3-6,8,18H2. The normalized spacial score (nSPS) is 26.6. The average molecular weight is 313 g/mol. The first-order valence-electron chi connectivity index (χ1n) is 7.05. The van der Waals surface area contributed by atoms with Crippen LogP contribution in [-0.4, -0.2) is 29.9 Å². The molecule has 1 saturated heterocycles. The largest absolute Gasteiger partial charge is 0.342 e. The van der Waals surface area contributed by atoms with Crippen LogP contribution < -0.4 is 5.73 Å². The summed E-state index contributed by atoms with van der Waals surface area (Å²) >= 11 is 12.0. The highest BCUT2D eigenvalue weighted by atomic mass is 35.5. The zero-order chi connectivity index (χ0) is 14.3. The molecule has 5 heteroatoms. The minimum absolute atomic E-state index is 0.113. The number of halogens is 2. The Labute approximate surface area is 129 Å². The molecule has 2 atom stereocenters. The molecule has 1 aromatic carbocycles. The monoisotopic (exact) mass is 312 g/mol. The maximum atomic E-state index is 12.4. The lowest BCUT2D eigenvalue weighted by molar-refractivity contribution is -0.133. The molecule has 1 aromatic rings. The van der Waals surface area contributed by atoms with Gasteiger partial charge in [0, 0.05) is 25.0 Å². The van der Waals surface area contributed by atoms with Crippen molar-refractivity contribution in [2.24, 2.45) is 11.7 Å². The van der Waals surface area contributed by atoms with Crippen molar-refractivity contribution >= 4 is 29.1 Å². The number of hydrogen-bond acceptors (Lipinski definition) is 2. The number of carbonyl (C=O) groups excluding carboxylic acids is 1. The van der Waals surface area contributed by atoms with E-state index in [4.69, 9.17) is 28.9 Å². The topological polar surface area (TPSA) is 46.3 Å². The van der Waals surface area contributed by atoms with Gasteiger partial charge < -0.3 is 10.6 Å². The van der Waals surface area contributed by atoms with Gasteiger partial charge in [-0.15, -0.1) is 0 Å². The first-order valence-corrected chi connectivity index (χ1v) is 7.81. The van der Waals surface area contributed by atoms with E-state index in [-0.39, 0.29) is 17.9 Å². The summed E-state index contributed by atoms with van der Waals surface area (Å²) in [5.41, 5.74) is 6.99. The predicted molar refractivity (Wildman–Crippen MR) is 81.1 cm³/mol. The number of benzene rings is 1. The highest BCUT2D eigenvalue weighted by Crippen LogP contribution is 2.49. The number of hydrogen-bond donors (Lipinski definition) is 1. The average Bonchev–Trinajstić information content (AvgIpc) is 3.22. The van der Waals surface area contributed by atoms with Crippen LogP contribution in [0.1, 0.15) is 30.7 Å². The van der Waals surface area contributed by atoms with Gasteiger partial charge in [0.25, 0.3) is 0 Å². The fourth-order valence-electron chi connectivity index (χ4n) is 2.93. The molecule has 1 heterocycles. The Bertz CT molecular complexity index is 527. The molecular weight excluding hydrogens is 295 g/mol. The Hall–Kier alpha value is -0.770. The molecule has 0 radical (unpaired) electrons. The summed E-state index contributed by atoms with van der Waals surface area (Å²) in [6, 6.07) is 5.91. The van der Waals surface area contributed by atoms with Crippen molar-refractivity contribution in [1.82, 2.24) is 4.90 Å². The van der Waals surface area contributed by atoms with Crippen LogP contribution in [0.2, 0.25) is 10.0 Å². The summed E-state index contributed by atoms with van der Waals surface area (Å²) in [6.45, 7) is 1.59. The minimum atomic E-state index is 0.113. The molecule has 20 heavy (non-hydrogen) atoms. The zero-order valence-corrected chi connectivity index (χ0v) is 12.7. The summed E-state index contributed by atoms with van der Waals surface area (Å²) in [6.07, 6.45) is 2.74. The van der Waals surface area contributed by atoms with Crippen LogP contribution in [0.25, 0.3) is 0 Å². The molecule has 1 aliphatic heterocycles. The Morgan fingerprint density at radius 3 is 2.55 bits per heavy atom. The molecule has 2 aliphatic rings. The van der Waals surface area contributed by atoms with Crippen molar-refractivity contribution in [2.45, 2.75) is 31.2 Å². The van der Waals surface area contributed by atoms with E-state index in [1.165, 1.54) is 0 Å². The van der Waals surface area contributed by atoms with Crippen molar-refractivity contribution < 1.29 is 4.79 Å². The molecule has 108 valence electrons. The van der Waals surface area contributed by atoms with Crippen molar-refractivity contribution in [3.63, 3.8) is 0 Å². The van der Waals surface area contributed by atoms with Crippen LogP contribution >= 0.6 is 23.2 Å². The molecule has 3 rings (SSSR count). The van der Waals surface area contributed by atoms with E-state index in [2.05, 4.69) is 0 Å². The number of rotatable bonds is 2. The number of nitrogens with zero attached hydrogens (tertiary/aromatic N) is 1. The Kier molecular flexibility index (Phi) is 3.93. The van der Waals surface area contributed by atoms with Gasteiger partial charge in [0.15, 0.2) is 0 Å². The van der Waals surface area contributed by atoms with Crippen molar-refractivity contribution in [1.29, 1.82) is 0 Å². The third-order valence-electron chi connectivity index (χ3n) is 4.33. The van der Waals surface area contributed by atoms with Crippen LogP contribution in [-0.2, 0) is 4.79 Å². The first kappa shape index (κ1) is 14.2. The van der Waals surface area contributed by atoms with E-state index in [1.807, 2.05) is 17.0 Å². The maximum Gasteiger partial charge on any atom is 0.226 e. The minimum Gasteiger partial charge on any atom is -0.342 e. The fraction of sp³-hybridized carbons (Fsp3) is 0.533. The second-order valence-corrected chi connectivity index (χ2v) is 6.60. The fourth-order valence-corrected chi connectivity index (χ4v) is 3.24. The number of nitrogens with two attached hydrogens (primary N) is 1. The van der Waals surface area contributed by atoms with E-state index >= 15 is 0 Å². The molecule has 0 spiro atoms. The summed E-state index contributed by atoms with van der Waals surface area (Å²) < 4.78 is 0. The van der Waals surface area contributed by atoms with Crippen molar-refractivity contribution in [2.75, 3.05) is 13.1 Å². The van der Waals surface area contributed by atoms with Gasteiger partial charge in [-0.25, -0.2) is 0 Å². The van der Waals surface area contributed by atoms with Crippen LogP contribution in [0.4, 0.5) is 0 Å². The van der Waals surface area contributed by atoms with Crippen LogP contribution in [0.15, 0.2) is 18.2 Å².